The Kier molecular flexibility index (Phi) is 5.30. The molecule has 0 saturated heterocycles. The maximum atomic E-state index is 8.59. The summed E-state index contributed by atoms with van der Waals surface area (Å²) < 4.78 is 0. The predicted molar refractivity (Wildman–Crippen MR) is 62.9 cm³/mol. The van der Waals surface area contributed by atoms with Crippen LogP contribution < -0.4 is 5.32 Å². The predicted octanol–water partition coefficient (Wildman–Crippen LogP) is 2.28. The molecule has 1 heterocycles. The van der Waals surface area contributed by atoms with Crippen LogP contribution in [0.5, 0.6) is 0 Å². The van der Waals surface area contributed by atoms with Crippen molar-refractivity contribution in [1.82, 2.24) is 10.3 Å². The Bertz CT molecular complexity index is 327. The Morgan fingerprint density at radius 1 is 1.67 bits per heavy atom. The normalized spacial score (nSPS) is 12.3. The van der Waals surface area contributed by atoms with E-state index in [0.29, 0.717) is 12.5 Å². The summed E-state index contributed by atoms with van der Waals surface area (Å²) in [6, 6.07) is 2.52. The van der Waals surface area contributed by atoms with Gasteiger partial charge in [-0.05, 0) is 13.3 Å². The molecule has 0 fully saturated rings. The molecule has 1 rings (SSSR count). The molecule has 0 radical (unpaired) electrons. The van der Waals surface area contributed by atoms with Gasteiger partial charge in [0.1, 0.15) is 0 Å². The van der Waals surface area contributed by atoms with Gasteiger partial charge in [0, 0.05) is 24.4 Å². The molecule has 0 aliphatic carbocycles. The van der Waals surface area contributed by atoms with Crippen LogP contribution in [0.4, 0.5) is 0 Å². The van der Waals surface area contributed by atoms with Gasteiger partial charge in [-0.25, -0.2) is 4.98 Å². The van der Waals surface area contributed by atoms with Crippen molar-refractivity contribution >= 4 is 11.3 Å². The van der Waals surface area contributed by atoms with Gasteiger partial charge in [-0.1, -0.05) is 6.92 Å². The van der Waals surface area contributed by atoms with Gasteiger partial charge < -0.3 is 5.32 Å². The van der Waals surface area contributed by atoms with Crippen molar-refractivity contribution in [3.63, 3.8) is 0 Å². The Morgan fingerprint density at radius 2 is 2.47 bits per heavy atom. The number of nitrogens with zero attached hydrogens (tertiary/aromatic N) is 2. The van der Waals surface area contributed by atoms with Crippen LogP contribution in [0.15, 0.2) is 5.38 Å². The van der Waals surface area contributed by atoms with E-state index in [1.807, 2.05) is 6.92 Å². The number of aromatic nitrogens is 1. The molecule has 3 nitrogen and oxygen atoms in total. The molecule has 0 aliphatic rings. The molecule has 1 aromatic heterocycles. The van der Waals surface area contributed by atoms with E-state index in [2.05, 4.69) is 28.7 Å². The fourth-order valence-electron chi connectivity index (χ4n) is 1.40. The van der Waals surface area contributed by atoms with Crippen LogP contribution in [0, 0.1) is 18.3 Å². The largest absolute Gasteiger partial charge is 0.313 e. The molecule has 0 bridgehead atoms. The lowest BCUT2D eigenvalue weighted by Gasteiger charge is -2.12. The Hall–Kier alpha value is -0.920. The summed E-state index contributed by atoms with van der Waals surface area (Å²) in [5, 5.41) is 15.2. The molecule has 0 aliphatic heterocycles. The minimum absolute atomic E-state index is 0.328. The summed E-state index contributed by atoms with van der Waals surface area (Å²) in [6.07, 6.45) is 2.54. The van der Waals surface area contributed by atoms with E-state index in [4.69, 9.17) is 5.26 Å². The molecule has 1 N–H and O–H groups in total. The average molecular weight is 223 g/mol. The highest BCUT2D eigenvalue weighted by atomic mass is 32.1. The zero-order chi connectivity index (χ0) is 11.1. The monoisotopic (exact) mass is 223 g/mol. The van der Waals surface area contributed by atoms with Gasteiger partial charge in [0.05, 0.1) is 23.2 Å². The van der Waals surface area contributed by atoms with Gasteiger partial charge in [-0.3, -0.25) is 0 Å². The Morgan fingerprint density at radius 3 is 3.00 bits per heavy atom. The molecule has 0 aromatic carbocycles. The second kappa shape index (κ2) is 6.54. The van der Waals surface area contributed by atoms with E-state index < -0.39 is 0 Å². The second-order valence-corrected chi connectivity index (χ2v) is 4.59. The van der Waals surface area contributed by atoms with Gasteiger partial charge in [0.25, 0.3) is 0 Å². The highest BCUT2D eigenvalue weighted by Gasteiger charge is 2.04. The van der Waals surface area contributed by atoms with Crippen molar-refractivity contribution in [3.05, 3.63) is 16.1 Å². The number of thiazole rings is 1. The lowest BCUT2D eigenvalue weighted by atomic mass is 10.1. The van der Waals surface area contributed by atoms with Crippen molar-refractivity contribution in [2.24, 2.45) is 0 Å². The van der Waals surface area contributed by atoms with Crippen LogP contribution in [0.2, 0.25) is 0 Å². The number of rotatable bonds is 6. The summed E-state index contributed by atoms with van der Waals surface area (Å²) in [5.74, 6) is 0. The first kappa shape index (κ1) is 12.2. The summed E-state index contributed by atoms with van der Waals surface area (Å²) >= 11 is 1.69. The van der Waals surface area contributed by atoms with Gasteiger partial charge in [-0.15, -0.1) is 11.3 Å². The molecule has 4 heteroatoms. The van der Waals surface area contributed by atoms with Crippen LogP contribution >= 0.6 is 11.3 Å². The van der Waals surface area contributed by atoms with E-state index in [1.54, 1.807) is 11.3 Å². The molecule has 1 unspecified atom stereocenters. The van der Waals surface area contributed by atoms with E-state index in [-0.39, 0.29) is 0 Å². The molecular formula is C11H17N3S. The van der Waals surface area contributed by atoms with Gasteiger partial charge in [0.2, 0.25) is 0 Å². The maximum Gasteiger partial charge on any atom is 0.0897 e. The van der Waals surface area contributed by atoms with Crippen molar-refractivity contribution in [2.45, 2.75) is 39.2 Å². The lowest BCUT2D eigenvalue weighted by molar-refractivity contribution is 0.507. The molecule has 0 amide bonds. The number of nitrogens with one attached hydrogen (secondary N) is 1. The zero-order valence-electron chi connectivity index (χ0n) is 9.29. The SMILES string of the molecule is CCC(CC#N)NCCc1csc(C)n1. The lowest BCUT2D eigenvalue weighted by Crippen LogP contribution is -2.29. The number of nitriles is 1. The van der Waals surface area contributed by atoms with Crippen molar-refractivity contribution in [3.8, 4) is 6.07 Å². The standard InChI is InChI=1S/C11H17N3S/c1-3-10(4-6-12)13-7-5-11-8-15-9(2)14-11/h8,10,13H,3-5,7H2,1-2H3. The average Bonchev–Trinajstić information content (AvgIpc) is 2.63. The molecule has 15 heavy (non-hydrogen) atoms. The van der Waals surface area contributed by atoms with Gasteiger partial charge in [-0.2, -0.15) is 5.26 Å². The Balaban J connectivity index is 2.23. The quantitative estimate of drug-likeness (QED) is 0.805. The third-order valence-corrected chi connectivity index (χ3v) is 3.13. The fourth-order valence-corrected chi connectivity index (χ4v) is 2.05. The molecule has 1 aromatic rings. The topological polar surface area (TPSA) is 48.7 Å². The van der Waals surface area contributed by atoms with Crippen LogP contribution in [0.1, 0.15) is 30.5 Å². The zero-order valence-corrected chi connectivity index (χ0v) is 10.1. The Labute approximate surface area is 95.2 Å². The smallest absolute Gasteiger partial charge is 0.0897 e. The van der Waals surface area contributed by atoms with Crippen LogP contribution in [-0.4, -0.2) is 17.6 Å². The number of hydrogen-bond donors (Lipinski definition) is 1. The van der Waals surface area contributed by atoms with Crippen LogP contribution in [0.3, 0.4) is 0 Å². The molecule has 1 atom stereocenters. The third kappa shape index (κ3) is 4.41. The van der Waals surface area contributed by atoms with E-state index >= 15 is 0 Å². The van der Waals surface area contributed by atoms with Crippen molar-refractivity contribution in [1.29, 1.82) is 5.26 Å². The summed E-state index contributed by atoms with van der Waals surface area (Å²) in [5.41, 5.74) is 1.15. The number of hydrogen-bond acceptors (Lipinski definition) is 4. The van der Waals surface area contributed by atoms with E-state index in [9.17, 15) is 0 Å². The minimum Gasteiger partial charge on any atom is -0.313 e. The summed E-state index contributed by atoms with van der Waals surface area (Å²) in [4.78, 5) is 4.39. The second-order valence-electron chi connectivity index (χ2n) is 3.53. The molecule has 0 saturated carbocycles. The van der Waals surface area contributed by atoms with Gasteiger partial charge in [0.15, 0.2) is 0 Å². The first-order valence-corrected chi connectivity index (χ1v) is 6.15. The van der Waals surface area contributed by atoms with E-state index in [0.717, 1.165) is 30.1 Å². The van der Waals surface area contributed by atoms with Crippen molar-refractivity contribution < 1.29 is 0 Å². The van der Waals surface area contributed by atoms with Crippen molar-refractivity contribution in [2.75, 3.05) is 6.54 Å². The highest BCUT2D eigenvalue weighted by molar-refractivity contribution is 7.09. The van der Waals surface area contributed by atoms with Crippen LogP contribution in [0.25, 0.3) is 0 Å². The summed E-state index contributed by atoms with van der Waals surface area (Å²) in [7, 11) is 0. The summed E-state index contributed by atoms with van der Waals surface area (Å²) in [6.45, 7) is 5.03. The maximum absolute atomic E-state index is 8.59. The third-order valence-electron chi connectivity index (χ3n) is 2.31. The first-order valence-electron chi connectivity index (χ1n) is 5.27. The number of aryl methyl sites for hydroxylation is 1. The first-order chi connectivity index (χ1) is 7.26. The minimum atomic E-state index is 0.328. The van der Waals surface area contributed by atoms with E-state index in [1.165, 1.54) is 0 Å². The highest BCUT2D eigenvalue weighted by Crippen LogP contribution is 2.08. The van der Waals surface area contributed by atoms with Gasteiger partial charge >= 0.3 is 0 Å². The molecular weight excluding hydrogens is 206 g/mol. The molecule has 82 valence electrons. The van der Waals surface area contributed by atoms with Crippen LogP contribution in [-0.2, 0) is 6.42 Å². The molecule has 0 spiro atoms. The fraction of sp³-hybridized carbons (Fsp3) is 0.636.